The molecule has 1 atom stereocenters. The van der Waals surface area contributed by atoms with Crippen LogP contribution in [-0.4, -0.2) is 64.3 Å². The second kappa shape index (κ2) is 11.4. The van der Waals surface area contributed by atoms with E-state index < -0.39 is 22.7 Å². The molecular formula is C26H29N3O6. The normalized spacial score (nSPS) is 17.1. The van der Waals surface area contributed by atoms with Gasteiger partial charge in [-0.1, -0.05) is 26.5 Å². The largest absolute Gasteiger partial charge is 0.507 e. The van der Waals surface area contributed by atoms with Crippen molar-refractivity contribution in [2.75, 3.05) is 32.8 Å². The van der Waals surface area contributed by atoms with Gasteiger partial charge >= 0.3 is 0 Å². The van der Waals surface area contributed by atoms with Gasteiger partial charge in [0, 0.05) is 30.8 Å². The number of hydrogen-bond donors (Lipinski definition) is 1. The average Bonchev–Trinajstić information content (AvgIpc) is 3.13. The van der Waals surface area contributed by atoms with Crippen LogP contribution in [0.5, 0.6) is 5.75 Å². The molecule has 0 aromatic heterocycles. The summed E-state index contributed by atoms with van der Waals surface area (Å²) in [6, 6.07) is 11.3. The molecule has 2 aromatic rings. The number of likely N-dealkylation sites (tertiary alicyclic amines) is 1. The maximum absolute atomic E-state index is 13.1. The number of benzene rings is 2. The number of amides is 1. The van der Waals surface area contributed by atoms with Gasteiger partial charge in [0.2, 0.25) is 0 Å². The van der Waals surface area contributed by atoms with Gasteiger partial charge in [-0.25, -0.2) is 0 Å². The van der Waals surface area contributed by atoms with Crippen LogP contribution in [0.25, 0.3) is 5.76 Å². The Bertz CT molecular complexity index is 1120. The molecular weight excluding hydrogens is 450 g/mol. The maximum atomic E-state index is 13.1. The Morgan fingerprint density at radius 3 is 2.31 bits per heavy atom. The van der Waals surface area contributed by atoms with Crippen molar-refractivity contribution in [3.05, 3.63) is 88.0 Å². The summed E-state index contributed by atoms with van der Waals surface area (Å²) in [6.07, 6.45) is 1.61. The van der Waals surface area contributed by atoms with Crippen LogP contribution in [0, 0.1) is 10.1 Å². The number of carbonyl (C=O) groups excluding carboxylic acids is 2. The van der Waals surface area contributed by atoms with Crippen LogP contribution in [-0.2, 0) is 9.59 Å². The highest BCUT2D eigenvalue weighted by molar-refractivity contribution is 6.46. The van der Waals surface area contributed by atoms with Crippen molar-refractivity contribution < 1.29 is 24.4 Å². The van der Waals surface area contributed by atoms with E-state index in [9.17, 15) is 24.8 Å². The molecule has 1 saturated heterocycles. The third-order valence-electron chi connectivity index (χ3n) is 6.01. The fourth-order valence-corrected chi connectivity index (χ4v) is 4.04. The van der Waals surface area contributed by atoms with Crippen molar-refractivity contribution in [2.45, 2.75) is 19.9 Å². The van der Waals surface area contributed by atoms with Gasteiger partial charge in [0.05, 0.1) is 16.5 Å². The van der Waals surface area contributed by atoms with Gasteiger partial charge in [-0.05, 0) is 55.1 Å². The van der Waals surface area contributed by atoms with E-state index in [2.05, 4.69) is 11.5 Å². The summed E-state index contributed by atoms with van der Waals surface area (Å²) in [5.74, 6) is -1.26. The minimum atomic E-state index is -0.872. The second-order valence-electron chi connectivity index (χ2n) is 7.99. The molecule has 1 aliphatic heterocycles. The molecule has 0 aliphatic carbocycles. The Labute approximate surface area is 204 Å². The zero-order chi connectivity index (χ0) is 25.5. The summed E-state index contributed by atoms with van der Waals surface area (Å²) >= 11 is 0. The van der Waals surface area contributed by atoms with Crippen LogP contribution in [0.3, 0.4) is 0 Å². The third-order valence-corrected chi connectivity index (χ3v) is 6.01. The molecule has 2 aromatic carbocycles. The van der Waals surface area contributed by atoms with E-state index in [0.29, 0.717) is 30.0 Å². The molecule has 35 heavy (non-hydrogen) atoms. The zero-order valence-electron chi connectivity index (χ0n) is 19.8. The highest BCUT2D eigenvalue weighted by atomic mass is 16.6. The molecule has 1 amide bonds. The quantitative estimate of drug-likeness (QED) is 0.130. The highest BCUT2D eigenvalue weighted by Gasteiger charge is 2.46. The molecule has 1 N–H and O–H groups in total. The SMILES string of the molecule is C=CCOc1ccc(C(O)=C2C(=O)C(=O)N(CCN(CC)CC)[C@H]2c2ccc([N+](=O)[O-])cc2)cc1. The van der Waals surface area contributed by atoms with Gasteiger partial charge in [0.15, 0.2) is 0 Å². The standard InChI is InChI=1S/C26H29N3O6/c1-4-17-35-21-13-9-19(10-14-21)24(30)22-23(18-7-11-20(12-8-18)29(33)34)28(26(32)25(22)31)16-15-27(5-2)6-3/h4,7-14,23,30H,1,5-6,15-17H2,2-3H3/t23-/m0/s1. The molecule has 0 radical (unpaired) electrons. The molecule has 9 nitrogen and oxygen atoms in total. The average molecular weight is 480 g/mol. The smallest absolute Gasteiger partial charge is 0.295 e. The fraction of sp³-hybridized carbons (Fsp3) is 0.308. The van der Waals surface area contributed by atoms with E-state index in [1.807, 2.05) is 13.8 Å². The van der Waals surface area contributed by atoms with Gasteiger partial charge in [-0.2, -0.15) is 0 Å². The summed E-state index contributed by atoms with van der Waals surface area (Å²) in [7, 11) is 0. The monoisotopic (exact) mass is 479 g/mol. The Hall–Kier alpha value is -3.98. The summed E-state index contributed by atoms with van der Waals surface area (Å²) in [6.45, 7) is 10.3. The molecule has 0 saturated carbocycles. The van der Waals surface area contributed by atoms with E-state index in [0.717, 1.165) is 13.1 Å². The number of likely N-dealkylation sites (N-methyl/N-ethyl adjacent to an activating group) is 1. The maximum Gasteiger partial charge on any atom is 0.295 e. The van der Waals surface area contributed by atoms with E-state index >= 15 is 0 Å². The molecule has 1 heterocycles. The van der Waals surface area contributed by atoms with Crippen molar-refractivity contribution in [3.8, 4) is 5.75 Å². The number of ketones is 1. The first-order valence-electron chi connectivity index (χ1n) is 11.4. The fourth-order valence-electron chi connectivity index (χ4n) is 4.04. The second-order valence-corrected chi connectivity index (χ2v) is 7.99. The number of hydrogen-bond acceptors (Lipinski definition) is 7. The number of nitro benzene ring substituents is 1. The van der Waals surface area contributed by atoms with E-state index in [-0.39, 0.29) is 23.6 Å². The van der Waals surface area contributed by atoms with Crippen molar-refractivity contribution in [1.82, 2.24) is 9.80 Å². The lowest BCUT2D eigenvalue weighted by Crippen LogP contribution is -2.38. The molecule has 184 valence electrons. The number of non-ortho nitro benzene ring substituents is 1. The molecule has 1 aliphatic rings. The molecule has 3 rings (SSSR count). The lowest BCUT2D eigenvalue weighted by Gasteiger charge is -2.28. The van der Waals surface area contributed by atoms with E-state index in [1.54, 1.807) is 30.3 Å². The lowest BCUT2D eigenvalue weighted by molar-refractivity contribution is -0.384. The van der Waals surface area contributed by atoms with Crippen molar-refractivity contribution in [1.29, 1.82) is 0 Å². The molecule has 0 unspecified atom stereocenters. The Kier molecular flexibility index (Phi) is 8.38. The van der Waals surface area contributed by atoms with Gasteiger partial charge in [-0.3, -0.25) is 19.7 Å². The third kappa shape index (κ3) is 5.58. The van der Waals surface area contributed by atoms with Crippen molar-refractivity contribution >= 4 is 23.1 Å². The van der Waals surface area contributed by atoms with Crippen LogP contribution in [0.2, 0.25) is 0 Å². The van der Waals surface area contributed by atoms with Crippen LogP contribution >= 0.6 is 0 Å². The number of rotatable bonds is 11. The summed E-state index contributed by atoms with van der Waals surface area (Å²) < 4.78 is 5.46. The zero-order valence-corrected chi connectivity index (χ0v) is 19.8. The molecule has 1 fully saturated rings. The van der Waals surface area contributed by atoms with Crippen LogP contribution in [0.4, 0.5) is 5.69 Å². The van der Waals surface area contributed by atoms with Gasteiger partial charge in [0.25, 0.3) is 17.4 Å². The predicted molar refractivity (Wildman–Crippen MR) is 132 cm³/mol. The number of Topliss-reactive ketones (excluding diaryl/α,β-unsaturated/α-hetero) is 1. The number of ether oxygens (including phenoxy) is 1. The number of carbonyl (C=O) groups is 2. The predicted octanol–water partition coefficient (Wildman–Crippen LogP) is 3.92. The summed E-state index contributed by atoms with van der Waals surface area (Å²) in [5.41, 5.74) is 0.693. The number of nitrogens with zero attached hydrogens (tertiary/aromatic N) is 3. The Morgan fingerprint density at radius 1 is 1.14 bits per heavy atom. The van der Waals surface area contributed by atoms with Crippen LogP contribution in [0.15, 0.2) is 66.8 Å². The van der Waals surface area contributed by atoms with Gasteiger partial charge in [-0.15, -0.1) is 0 Å². The highest BCUT2D eigenvalue weighted by Crippen LogP contribution is 2.39. The van der Waals surface area contributed by atoms with Crippen molar-refractivity contribution in [2.24, 2.45) is 0 Å². The van der Waals surface area contributed by atoms with Gasteiger partial charge < -0.3 is 19.6 Å². The Morgan fingerprint density at radius 2 is 1.77 bits per heavy atom. The number of aliphatic hydroxyl groups excluding tert-OH is 1. The first-order chi connectivity index (χ1) is 16.8. The number of nitro groups is 1. The minimum Gasteiger partial charge on any atom is -0.507 e. The number of aliphatic hydroxyl groups is 1. The topological polar surface area (TPSA) is 113 Å². The minimum absolute atomic E-state index is 0.0526. The summed E-state index contributed by atoms with van der Waals surface area (Å²) in [5, 5.41) is 22.3. The molecule has 0 spiro atoms. The Balaban J connectivity index is 2.05. The summed E-state index contributed by atoms with van der Waals surface area (Å²) in [4.78, 5) is 40.3. The van der Waals surface area contributed by atoms with E-state index in [1.165, 1.54) is 29.2 Å². The lowest BCUT2D eigenvalue weighted by atomic mass is 9.95. The molecule has 0 bridgehead atoms. The van der Waals surface area contributed by atoms with E-state index in [4.69, 9.17) is 4.74 Å². The van der Waals surface area contributed by atoms with Gasteiger partial charge in [0.1, 0.15) is 18.1 Å². The van der Waals surface area contributed by atoms with Crippen LogP contribution < -0.4 is 4.74 Å². The van der Waals surface area contributed by atoms with Crippen LogP contribution in [0.1, 0.15) is 31.0 Å². The first-order valence-corrected chi connectivity index (χ1v) is 11.4. The molecule has 9 heteroatoms. The van der Waals surface area contributed by atoms with Crippen molar-refractivity contribution in [3.63, 3.8) is 0 Å². The first kappa shape index (κ1) is 25.6.